The van der Waals surface area contributed by atoms with E-state index in [1.54, 1.807) is 42.5 Å². The van der Waals surface area contributed by atoms with Crippen LogP contribution in [0.3, 0.4) is 0 Å². The van der Waals surface area contributed by atoms with Crippen molar-refractivity contribution in [1.29, 1.82) is 0 Å². The number of nitrogens with zero attached hydrogens (tertiary/aromatic N) is 1. The van der Waals surface area contributed by atoms with Crippen LogP contribution in [0, 0.1) is 6.92 Å². The monoisotopic (exact) mass is 342 g/mol. The molecule has 0 saturated carbocycles. The number of aryl methyl sites for hydroxylation is 1. The third kappa shape index (κ3) is 3.16. The zero-order chi connectivity index (χ0) is 17.3. The molecule has 0 unspecified atom stereocenters. The standard InChI is InChI=1S/C18H15ClN2O3/c1-11-2-7-14-15(8-11)18(24)21(17(14)23)10-16(22)20-9-12-3-5-13(19)6-4-12/h2-8H,9-10H2,1H3,(H,20,22). The first-order valence-corrected chi connectivity index (χ1v) is 7.81. The molecule has 122 valence electrons. The molecule has 3 amide bonds. The van der Waals surface area contributed by atoms with Crippen LogP contribution >= 0.6 is 11.6 Å². The fourth-order valence-electron chi connectivity index (χ4n) is 2.55. The minimum atomic E-state index is -0.434. The van der Waals surface area contributed by atoms with Gasteiger partial charge in [-0.3, -0.25) is 19.3 Å². The minimum Gasteiger partial charge on any atom is -0.350 e. The summed E-state index contributed by atoms with van der Waals surface area (Å²) in [5.41, 5.74) is 2.47. The third-order valence-electron chi connectivity index (χ3n) is 3.83. The van der Waals surface area contributed by atoms with Crippen LogP contribution in [-0.4, -0.2) is 29.2 Å². The van der Waals surface area contributed by atoms with Gasteiger partial charge in [0, 0.05) is 11.6 Å². The molecule has 1 aliphatic heterocycles. The van der Waals surface area contributed by atoms with Crippen LogP contribution in [0.2, 0.25) is 5.02 Å². The number of nitrogens with one attached hydrogen (secondary N) is 1. The summed E-state index contributed by atoms with van der Waals surface area (Å²) >= 11 is 5.81. The van der Waals surface area contributed by atoms with Crippen molar-refractivity contribution in [1.82, 2.24) is 10.2 Å². The van der Waals surface area contributed by atoms with Gasteiger partial charge in [0.05, 0.1) is 11.1 Å². The molecule has 1 N–H and O–H groups in total. The quantitative estimate of drug-likeness (QED) is 0.868. The van der Waals surface area contributed by atoms with Crippen molar-refractivity contribution in [3.8, 4) is 0 Å². The molecule has 0 spiro atoms. The van der Waals surface area contributed by atoms with Gasteiger partial charge in [0.2, 0.25) is 5.91 Å². The number of rotatable bonds is 4. The van der Waals surface area contributed by atoms with E-state index < -0.39 is 17.7 Å². The first kappa shape index (κ1) is 16.2. The summed E-state index contributed by atoms with van der Waals surface area (Å²) in [4.78, 5) is 37.6. The van der Waals surface area contributed by atoms with Gasteiger partial charge in [-0.15, -0.1) is 0 Å². The molecular weight excluding hydrogens is 328 g/mol. The lowest BCUT2D eigenvalue weighted by Gasteiger charge is -2.13. The summed E-state index contributed by atoms with van der Waals surface area (Å²) < 4.78 is 0. The Labute approximate surface area is 144 Å². The number of imide groups is 1. The average Bonchev–Trinajstić information content (AvgIpc) is 2.79. The Hall–Kier alpha value is -2.66. The molecule has 0 saturated heterocycles. The van der Waals surface area contributed by atoms with Crippen LogP contribution in [-0.2, 0) is 11.3 Å². The predicted molar refractivity (Wildman–Crippen MR) is 89.8 cm³/mol. The van der Waals surface area contributed by atoms with Crippen molar-refractivity contribution in [2.45, 2.75) is 13.5 Å². The third-order valence-corrected chi connectivity index (χ3v) is 4.08. The van der Waals surface area contributed by atoms with E-state index in [1.807, 2.05) is 6.92 Å². The van der Waals surface area contributed by atoms with Crippen LogP contribution in [0.25, 0.3) is 0 Å². The Bertz CT molecular complexity index is 831. The van der Waals surface area contributed by atoms with Crippen molar-refractivity contribution < 1.29 is 14.4 Å². The van der Waals surface area contributed by atoms with Gasteiger partial charge in [0.25, 0.3) is 11.8 Å². The smallest absolute Gasteiger partial charge is 0.262 e. The number of carbonyl (C=O) groups excluding carboxylic acids is 3. The first-order chi connectivity index (χ1) is 11.5. The van der Waals surface area contributed by atoms with E-state index in [-0.39, 0.29) is 6.54 Å². The molecule has 5 nitrogen and oxygen atoms in total. The first-order valence-electron chi connectivity index (χ1n) is 7.43. The molecule has 1 aliphatic rings. The van der Waals surface area contributed by atoms with Gasteiger partial charge in [0.1, 0.15) is 6.54 Å². The molecule has 1 heterocycles. The highest BCUT2D eigenvalue weighted by Gasteiger charge is 2.36. The molecule has 24 heavy (non-hydrogen) atoms. The van der Waals surface area contributed by atoms with E-state index in [4.69, 9.17) is 11.6 Å². The van der Waals surface area contributed by atoms with E-state index in [2.05, 4.69) is 5.32 Å². The van der Waals surface area contributed by atoms with Crippen LogP contribution < -0.4 is 5.32 Å². The number of carbonyl (C=O) groups is 3. The predicted octanol–water partition coefficient (Wildman–Crippen LogP) is 2.56. The highest BCUT2D eigenvalue weighted by atomic mass is 35.5. The number of hydrogen-bond donors (Lipinski definition) is 1. The van der Waals surface area contributed by atoms with Gasteiger partial charge in [-0.25, -0.2) is 0 Å². The van der Waals surface area contributed by atoms with Crippen molar-refractivity contribution >= 4 is 29.3 Å². The molecule has 2 aromatic rings. The Kier molecular flexibility index (Phi) is 4.36. The lowest BCUT2D eigenvalue weighted by Crippen LogP contribution is -2.40. The highest BCUT2D eigenvalue weighted by Crippen LogP contribution is 2.23. The minimum absolute atomic E-state index is 0.293. The Morgan fingerprint density at radius 3 is 2.42 bits per heavy atom. The second-order valence-electron chi connectivity index (χ2n) is 5.65. The fourth-order valence-corrected chi connectivity index (χ4v) is 2.68. The van der Waals surface area contributed by atoms with Crippen molar-refractivity contribution in [3.05, 3.63) is 69.7 Å². The molecule has 0 fully saturated rings. The lowest BCUT2D eigenvalue weighted by atomic mass is 10.1. The lowest BCUT2D eigenvalue weighted by molar-refractivity contribution is -0.121. The molecular formula is C18H15ClN2O3. The molecule has 2 aromatic carbocycles. The number of benzene rings is 2. The Morgan fingerprint density at radius 1 is 1.04 bits per heavy atom. The maximum absolute atomic E-state index is 12.3. The second-order valence-corrected chi connectivity index (χ2v) is 6.09. The van der Waals surface area contributed by atoms with E-state index in [0.717, 1.165) is 16.0 Å². The Morgan fingerprint density at radius 2 is 1.71 bits per heavy atom. The zero-order valence-corrected chi connectivity index (χ0v) is 13.8. The number of halogens is 1. The highest BCUT2D eigenvalue weighted by molar-refractivity contribution is 6.30. The topological polar surface area (TPSA) is 66.5 Å². The van der Waals surface area contributed by atoms with Gasteiger partial charge >= 0.3 is 0 Å². The summed E-state index contributed by atoms with van der Waals surface area (Å²) in [5.74, 6) is -1.26. The summed E-state index contributed by atoms with van der Waals surface area (Å²) in [6.45, 7) is 1.86. The van der Waals surface area contributed by atoms with Gasteiger partial charge in [-0.2, -0.15) is 0 Å². The number of hydrogen-bond acceptors (Lipinski definition) is 3. The van der Waals surface area contributed by atoms with Crippen molar-refractivity contribution in [2.75, 3.05) is 6.54 Å². The summed E-state index contributed by atoms with van der Waals surface area (Å²) in [6.07, 6.45) is 0. The van der Waals surface area contributed by atoms with Crippen molar-refractivity contribution in [3.63, 3.8) is 0 Å². The summed E-state index contributed by atoms with van der Waals surface area (Å²) in [5, 5.41) is 3.31. The molecule has 0 atom stereocenters. The number of amides is 3. The van der Waals surface area contributed by atoms with Gasteiger partial charge in [0.15, 0.2) is 0 Å². The van der Waals surface area contributed by atoms with Gasteiger partial charge in [-0.05, 0) is 36.8 Å². The maximum atomic E-state index is 12.3. The molecule has 6 heteroatoms. The Balaban J connectivity index is 1.64. The molecule has 0 aromatic heterocycles. The maximum Gasteiger partial charge on any atom is 0.262 e. The van der Waals surface area contributed by atoms with E-state index in [9.17, 15) is 14.4 Å². The van der Waals surface area contributed by atoms with Crippen LogP contribution in [0.5, 0.6) is 0 Å². The molecule has 0 bridgehead atoms. The van der Waals surface area contributed by atoms with Crippen LogP contribution in [0.4, 0.5) is 0 Å². The zero-order valence-electron chi connectivity index (χ0n) is 13.0. The molecule has 3 rings (SSSR count). The van der Waals surface area contributed by atoms with Crippen molar-refractivity contribution in [2.24, 2.45) is 0 Å². The molecule has 0 radical (unpaired) electrons. The second kappa shape index (κ2) is 6.45. The van der Waals surface area contributed by atoms with E-state index in [0.29, 0.717) is 22.7 Å². The van der Waals surface area contributed by atoms with Gasteiger partial charge in [-0.1, -0.05) is 35.4 Å². The summed E-state index contributed by atoms with van der Waals surface area (Å²) in [6, 6.07) is 12.1. The number of fused-ring (bicyclic) bond motifs is 1. The van der Waals surface area contributed by atoms with Crippen LogP contribution in [0.15, 0.2) is 42.5 Å². The largest absolute Gasteiger partial charge is 0.350 e. The van der Waals surface area contributed by atoms with E-state index in [1.165, 1.54) is 0 Å². The van der Waals surface area contributed by atoms with E-state index >= 15 is 0 Å². The SMILES string of the molecule is Cc1ccc2c(c1)C(=O)N(CC(=O)NCc1ccc(Cl)cc1)C2=O. The normalized spacial score (nSPS) is 13.2. The molecule has 0 aliphatic carbocycles. The van der Waals surface area contributed by atoms with Crippen LogP contribution in [0.1, 0.15) is 31.8 Å². The van der Waals surface area contributed by atoms with Gasteiger partial charge < -0.3 is 5.32 Å². The summed E-state index contributed by atoms with van der Waals surface area (Å²) in [7, 11) is 0. The average molecular weight is 343 g/mol. The fraction of sp³-hybridized carbons (Fsp3) is 0.167.